The van der Waals surface area contributed by atoms with Gasteiger partial charge in [-0.2, -0.15) is 0 Å². The van der Waals surface area contributed by atoms with E-state index in [1.54, 1.807) is 6.08 Å². The molecule has 1 atom stereocenters. The van der Waals surface area contributed by atoms with Crippen LogP contribution >= 0.6 is 11.6 Å². The van der Waals surface area contributed by atoms with Gasteiger partial charge in [0.15, 0.2) is 11.5 Å². The van der Waals surface area contributed by atoms with Crippen molar-refractivity contribution >= 4 is 17.2 Å². The van der Waals surface area contributed by atoms with Crippen LogP contribution in [0.3, 0.4) is 0 Å². The van der Waals surface area contributed by atoms with Gasteiger partial charge in [-0.15, -0.1) is 18.2 Å². The van der Waals surface area contributed by atoms with E-state index in [1.807, 2.05) is 12.1 Å². The summed E-state index contributed by atoms with van der Waals surface area (Å²) in [6.07, 6.45) is 6.76. The van der Waals surface area contributed by atoms with Crippen LogP contribution in [0.2, 0.25) is 0 Å². The van der Waals surface area contributed by atoms with Gasteiger partial charge in [-0.25, -0.2) is 0 Å². The Bertz CT molecular complexity index is 594. The van der Waals surface area contributed by atoms with Crippen molar-refractivity contribution in [3.8, 4) is 11.5 Å². The third kappa shape index (κ3) is 2.56. The van der Waals surface area contributed by atoms with E-state index in [2.05, 4.69) is 12.7 Å². The maximum absolute atomic E-state index is 10.9. The maximum Gasteiger partial charge on any atom is 0.231 e. The highest BCUT2D eigenvalue weighted by molar-refractivity contribution is 6.18. The highest BCUT2D eigenvalue weighted by Crippen LogP contribution is 2.45. The molecule has 0 fully saturated rings. The lowest BCUT2D eigenvalue weighted by Gasteiger charge is -2.27. The number of halogens is 1. The Balaban J connectivity index is 2.06. The molecule has 1 aliphatic heterocycles. The standard InChI is InChI=1S/C17H19ClO3/c1-2-6-17(19)7-3-4-14(17)13-10-16-15(20-11-21-16)9-12(13)5-8-18/h2,4,9-10,19H,1,3,5-8,11H2. The largest absolute Gasteiger partial charge is 0.454 e. The van der Waals surface area contributed by atoms with E-state index in [9.17, 15) is 5.11 Å². The molecule has 1 heterocycles. The summed E-state index contributed by atoms with van der Waals surface area (Å²) in [5, 5.41) is 10.9. The van der Waals surface area contributed by atoms with Gasteiger partial charge in [0.05, 0.1) is 5.60 Å². The monoisotopic (exact) mass is 306 g/mol. The molecule has 1 aromatic carbocycles. The summed E-state index contributed by atoms with van der Waals surface area (Å²) < 4.78 is 10.9. The number of hydrogen-bond donors (Lipinski definition) is 1. The van der Waals surface area contributed by atoms with E-state index >= 15 is 0 Å². The molecule has 0 radical (unpaired) electrons. The number of hydrogen-bond acceptors (Lipinski definition) is 3. The highest BCUT2D eigenvalue weighted by Gasteiger charge is 2.36. The molecule has 3 rings (SSSR count). The van der Waals surface area contributed by atoms with Crippen LogP contribution in [-0.2, 0) is 6.42 Å². The SMILES string of the molecule is C=CCC1(O)CCC=C1c1cc2c(cc1CCCl)OCO2. The molecule has 21 heavy (non-hydrogen) atoms. The van der Waals surface area contributed by atoms with E-state index in [0.29, 0.717) is 12.3 Å². The molecular weight excluding hydrogens is 288 g/mol. The molecule has 0 saturated heterocycles. The second kappa shape index (κ2) is 5.74. The second-order valence-corrected chi connectivity index (χ2v) is 5.86. The quantitative estimate of drug-likeness (QED) is 0.666. The lowest BCUT2D eigenvalue weighted by molar-refractivity contribution is 0.104. The molecule has 3 nitrogen and oxygen atoms in total. The lowest BCUT2D eigenvalue weighted by Crippen LogP contribution is -2.26. The summed E-state index contributed by atoms with van der Waals surface area (Å²) in [7, 11) is 0. The van der Waals surface area contributed by atoms with E-state index < -0.39 is 5.60 Å². The zero-order chi connectivity index (χ0) is 14.9. The minimum atomic E-state index is -0.837. The molecule has 0 saturated carbocycles. The third-order valence-corrected chi connectivity index (χ3v) is 4.33. The summed E-state index contributed by atoms with van der Waals surface area (Å²) >= 11 is 5.93. The number of alkyl halides is 1. The molecule has 1 N–H and O–H groups in total. The molecule has 1 aromatic rings. The molecular formula is C17H19ClO3. The fraction of sp³-hybridized carbons (Fsp3) is 0.412. The summed E-state index contributed by atoms with van der Waals surface area (Å²) in [5.41, 5.74) is 2.23. The van der Waals surface area contributed by atoms with Gasteiger partial charge in [0.2, 0.25) is 6.79 Å². The van der Waals surface area contributed by atoms with Crippen molar-refractivity contribution in [2.24, 2.45) is 0 Å². The smallest absolute Gasteiger partial charge is 0.231 e. The van der Waals surface area contributed by atoms with Gasteiger partial charge in [0, 0.05) is 5.88 Å². The fourth-order valence-corrected chi connectivity index (χ4v) is 3.34. The third-order valence-electron chi connectivity index (χ3n) is 4.14. The first-order valence-corrected chi connectivity index (χ1v) is 7.74. The van der Waals surface area contributed by atoms with Crippen LogP contribution in [0.5, 0.6) is 11.5 Å². The van der Waals surface area contributed by atoms with Gasteiger partial charge in [-0.3, -0.25) is 0 Å². The summed E-state index contributed by atoms with van der Waals surface area (Å²) in [6, 6.07) is 3.95. The minimum Gasteiger partial charge on any atom is -0.454 e. The van der Waals surface area contributed by atoms with E-state index in [1.165, 1.54) is 0 Å². The number of fused-ring (bicyclic) bond motifs is 1. The van der Waals surface area contributed by atoms with Crippen molar-refractivity contribution in [1.82, 2.24) is 0 Å². The Morgan fingerprint density at radius 2 is 2.10 bits per heavy atom. The number of rotatable bonds is 5. The first-order chi connectivity index (χ1) is 10.2. The average Bonchev–Trinajstić information content (AvgIpc) is 3.05. The van der Waals surface area contributed by atoms with E-state index in [0.717, 1.165) is 47.5 Å². The first kappa shape index (κ1) is 14.5. The molecule has 2 aliphatic rings. The zero-order valence-electron chi connectivity index (χ0n) is 11.9. The van der Waals surface area contributed by atoms with Crippen molar-refractivity contribution in [3.63, 3.8) is 0 Å². The predicted molar refractivity (Wildman–Crippen MR) is 84.0 cm³/mol. The van der Waals surface area contributed by atoms with Crippen LogP contribution < -0.4 is 9.47 Å². The average molecular weight is 307 g/mol. The fourth-order valence-electron chi connectivity index (χ4n) is 3.13. The highest BCUT2D eigenvalue weighted by atomic mass is 35.5. The van der Waals surface area contributed by atoms with Gasteiger partial charge < -0.3 is 14.6 Å². The molecule has 0 aromatic heterocycles. The Morgan fingerprint density at radius 3 is 2.81 bits per heavy atom. The molecule has 0 bridgehead atoms. The van der Waals surface area contributed by atoms with Crippen LogP contribution in [0.1, 0.15) is 30.4 Å². The predicted octanol–water partition coefficient (Wildman–Crippen LogP) is 3.68. The number of benzene rings is 1. The van der Waals surface area contributed by atoms with Crippen molar-refractivity contribution in [1.29, 1.82) is 0 Å². The zero-order valence-corrected chi connectivity index (χ0v) is 12.7. The second-order valence-electron chi connectivity index (χ2n) is 5.48. The lowest BCUT2D eigenvalue weighted by atomic mass is 9.84. The molecule has 1 aliphatic carbocycles. The summed E-state index contributed by atoms with van der Waals surface area (Å²) in [4.78, 5) is 0. The normalized spacial score (nSPS) is 23.2. The van der Waals surface area contributed by atoms with Crippen LogP contribution in [-0.4, -0.2) is 23.4 Å². The number of aliphatic hydroxyl groups is 1. The van der Waals surface area contributed by atoms with Gasteiger partial charge in [0.25, 0.3) is 0 Å². The Kier molecular flexibility index (Phi) is 3.96. The summed E-state index contributed by atoms with van der Waals surface area (Å²) in [5.74, 6) is 2.02. The van der Waals surface area contributed by atoms with Gasteiger partial charge >= 0.3 is 0 Å². The van der Waals surface area contributed by atoms with Crippen LogP contribution in [0.25, 0.3) is 5.57 Å². The van der Waals surface area contributed by atoms with Crippen molar-refractivity contribution < 1.29 is 14.6 Å². The van der Waals surface area contributed by atoms with Crippen LogP contribution in [0.15, 0.2) is 30.9 Å². The van der Waals surface area contributed by atoms with Gasteiger partial charge in [-0.1, -0.05) is 12.2 Å². The molecule has 0 spiro atoms. The van der Waals surface area contributed by atoms with Gasteiger partial charge in [-0.05, 0) is 54.5 Å². The van der Waals surface area contributed by atoms with Gasteiger partial charge in [0.1, 0.15) is 0 Å². The van der Waals surface area contributed by atoms with E-state index in [-0.39, 0.29) is 6.79 Å². The molecule has 112 valence electrons. The molecule has 4 heteroatoms. The first-order valence-electron chi connectivity index (χ1n) is 7.21. The Morgan fingerprint density at radius 1 is 1.33 bits per heavy atom. The van der Waals surface area contributed by atoms with Crippen LogP contribution in [0.4, 0.5) is 0 Å². The number of ether oxygens (including phenoxy) is 2. The van der Waals surface area contributed by atoms with Crippen molar-refractivity contribution in [3.05, 3.63) is 42.0 Å². The minimum absolute atomic E-state index is 0.245. The summed E-state index contributed by atoms with van der Waals surface area (Å²) in [6.45, 7) is 4.01. The van der Waals surface area contributed by atoms with Crippen LogP contribution in [0, 0.1) is 0 Å². The van der Waals surface area contributed by atoms with Crippen molar-refractivity contribution in [2.45, 2.75) is 31.3 Å². The van der Waals surface area contributed by atoms with E-state index in [4.69, 9.17) is 21.1 Å². The Hall–Kier alpha value is -1.45. The number of aryl methyl sites for hydroxylation is 1. The Labute approximate surface area is 129 Å². The maximum atomic E-state index is 10.9. The topological polar surface area (TPSA) is 38.7 Å². The molecule has 1 unspecified atom stereocenters. The van der Waals surface area contributed by atoms with Crippen molar-refractivity contribution in [2.75, 3.05) is 12.7 Å². The number of allylic oxidation sites excluding steroid dienone is 1. The molecule has 0 amide bonds.